The third-order valence-corrected chi connectivity index (χ3v) is 1.23. The molecule has 3 heteroatoms. The Hall–Kier alpha value is -1.38. The van der Waals surface area contributed by atoms with Crippen molar-refractivity contribution in [2.75, 3.05) is 0 Å². The normalized spacial score (nSPS) is 9.55. The Balaban J connectivity index is 2.76. The molecule has 0 radical (unpaired) electrons. The van der Waals surface area contributed by atoms with Gasteiger partial charge >= 0.3 is 0 Å². The van der Waals surface area contributed by atoms with Crippen molar-refractivity contribution in [3.8, 4) is 0 Å². The van der Waals surface area contributed by atoms with Crippen molar-refractivity contribution >= 4 is 5.78 Å². The molecule has 0 saturated heterocycles. The molecule has 1 aromatic heterocycles. The zero-order valence-corrected chi connectivity index (χ0v) is 6.33. The van der Waals surface area contributed by atoms with Crippen LogP contribution in [-0.4, -0.2) is 10.8 Å². The minimum Gasteiger partial charge on any atom is -0.449 e. The Labute approximate surface area is 64.7 Å². The molecule has 11 heavy (non-hydrogen) atoms. The van der Waals surface area contributed by atoms with E-state index in [0.717, 1.165) is 0 Å². The zero-order chi connectivity index (χ0) is 8.27. The van der Waals surface area contributed by atoms with Crippen LogP contribution in [0.5, 0.6) is 0 Å². The summed E-state index contributed by atoms with van der Waals surface area (Å²) in [5.41, 5.74) is 0.377. The van der Waals surface area contributed by atoms with E-state index in [9.17, 15) is 4.79 Å². The van der Waals surface area contributed by atoms with Crippen molar-refractivity contribution in [1.29, 1.82) is 0 Å². The number of ketones is 1. The minimum absolute atomic E-state index is 0.0585. The van der Waals surface area contributed by atoms with E-state index in [1.807, 2.05) is 0 Å². The maximum Gasteiger partial charge on any atom is 0.191 e. The SMILES string of the molecule is C=CCC(=O)c1coc(C)n1. The molecule has 0 aliphatic carbocycles. The number of oxazole rings is 1. The van der Waals surface area contributed by atoms with Crippen molar-refractivity contribution in [3.63, 3.8) is 0 Å². The van der Waals surface area contributed by atoms with Gasteiger partial charge in [-0.25, -0.2) is 4.98 Å². The largest absolute Gasteiger partial charge is 0.449 e. The minimum atomic E-state index is -0.0585. The molecular formula is C8H9NO2. The summed E-state index contributed by atoms with van der Waals surface area (Å²) in [5.74, 6) is 0.453. The summed E-state index contributed by atoms with van der Waals surface area (Å²) >= 11 is 0. The lowest BCUT2D eigenvalue weighted by molar-refractivity contribution is 0.0991. The van der Waals surface area contributed by atoms with Crippen molar-refractivity contribution in [2.24, 2.45) is 0 Å². The van der Waals surface area contributed by atoms with Gasteiger partial charge in [0.2, 0.25) is 0 Å². The fraction of sp³-hybridized carbons (Fsp3) is 0.250. The van der Waals surface area contributed by atoms with Gasteiger partial charge in [0.1, 0.15) is 12.0 Å². The zero-order valence-electron chi connectivity index (χ0n) is 6.33. The molecule has 0 atom stereocenters. The Morgan fingerprint density at radius 2 is 2.64 bits per heavy atom. The summed E-state index contributed by atoms with van der Waals surface area (Å²) in [6.45, 7) is 5.15. The Kier molecular flexibility index (Phi) is 2.21. The third kappa shape index (κ3) is 1.77. The van der Waals surface area contributed by atoms with Gasteiger partial charge in [0.25, 0.3) is 0 Å². The Morgan fingerprint density at radius 1 is 1.91 bits per heavy atom. The molecule has 0 bridgehead atoms. The summed E-state index contributed by atoms with van der Waals surface area (Å²) in [6, 6.07) is 0. The average molecular weight is 151 g/mol. The molecule has 0 fully saturated rings. The van der Waals surface area contributed by atoms with E-state index in [1.165, 1.54) is 6.26 Å². The fourth-order valence-electron chi connectivity index (χ4n) is 0.727. The summed E-state index contributed by atoms with van der Waals surface area (Å²) in [7, 11) is 0. The quantitative estimate of drug-likeness (QED) is 0.488. The van der Waals surface area contributed by atoms with Gasteiger partial charge in [-0.15, -0.1) is 6.58 Å². The number of carbonyl (C=O) groups excluding carboxylic acids is 1. The summed E-state index contributed by atoms with van der Waals surface area (Å²) in [6.07, 6.45) is 3.22. The van der Waals surface area contributed by atoms with Crippen LogP contribution in [0, 0.1) is 6.92 Å². The highest BCUT2D eigenvalue weighted by Gasteiger charge is 2.07. The average Bonchev–Trinajstić information content (AvgIpc) is 2.36. The lowest BCUT2D eigenvalue weighted by Gasteiger charge is -1.86. The number of rotatable bonds is 3. The summed E-state index contributed by atoms with van der Waals surface area (Å²) in [5, 5.41) is 0. The van der Waals surface area contributed by atoms with Crippen LogP contribution in [0.3, 0.4) is 0 Å². The first-order valence-electron chi connectivity index (χ1n) is 3.30. The second kappa shape index (κ2) is 3.14. The van der Waals surface area contributed by atoms with E-state index in [4.69, 9.17) is 4.42 Å². The fourth-order valence-corrected chi connectivity index (χ4v) is 0.727. The van der Waals surface area contributed by atoms with E-state index in [-0.39, 0.29) is 5.78 Å². The van der Waals surface area contributed by atoms with Gasteiger partial charge in [0.15, 0.2) is 11.7 Å². The monoisotopic (exact) mass is 151 g/mol. The molecule has 0 aromatic carbocycles. The van der Waals surface area contributed by atoms with Crippen LogP contribution in [0.2, 0.25) is 0 Å². The second-order valence-electron chi connectivity index (χ2n) is 2.17. The van der Waals surface area contributed by atoms with E-state index in [1.54, 1.807) is 13.0 Å². The lowest BCUT2D eigenvalue weighted by atomic mass is 10.2. The first-order valence-corrected chi connectivity index (χ1v) is 3.30. The van der Waals surface area contributed by atoms with E-state index < -0.39 is 0 Å². The molecule has 58 valence electrons. The van der Waals surface area contributed by atoms with Gasteiger partial charge in [-0.05, 0) is 0 Å². The van der Waals surface area contributed by atoms with Crippen LogP contribution in [0.15, 0.2) is 23.3 Å². The molecule has 0 amide bonds. The van der Waals surface area contributed by atoms with Crippen molar-refractivity contribution in [3.05, 3.63) is 30.5 Å². The second-order valence-corrected chi connectivity index (χ2v) is 2.17. The van der Waals surface area contributed by atoms with E-state index in [0.29, 0.717) is 18.0 Å². The van der Waals surface area contributed by atoms with Gasteiger partial charge < -0.3 is 4.42 Å². The van der Waals surface area contributed by atoms with Crippen LogP contribution in [0.25, 0.3) is 0 Å². The first kappa shape index (κ1) is 7.72. The Morgan fingerprint density at radius 3 is 3.09 bits per heavy atom. The van der Waals surface area contributed by atoms with E-state index >= 15 is 0 Å². The molecule has 0 unspecified atom stereocenters. The highest BCUT2D eigenvalue weighted by atomic mass is 16.3. The molecular weight excluding hydrogens is 142 g/mol. The van der Waals surface area contributed by atoms with Crippen LogP contribution >= 0.6 is 0 Å². The molecule has 1 aromatic rings. The van der Waals surface area contributed by atoms with Crippen molar-refractivity contribution < 1.29 is 9.21 Å². The number of hydrogen-bond donors (Lipinski definition) is 0. The third-order valence-electron chi connectivity index (χ3n) is 1.23. The van der Waals surface area contributed by atoms with Crippen molar-refractivity contribution in [1.82, 2.24) is 4.98 Å². The maximum atomic E-state index is 11.1. The topological polar surface area (TPSA) is 43.1 Å². The van der Waals surface area contributed by atoms with Gasteiger partial charge in [-0.3, -0.25) is 4.79 Å². The van der Waals surface area contributed by atoms with Gasteiger partial charge in [0.05, 0.1) is 0 Å². The first-order chi connectivity index (χ1) is 5.24. The molecule has 1 heterocycles. The van der Waals surface area contributed by atoms with Crippen molar-refractivity contribution in [2.45, 2.75) is 13.3 Å². The number of aromatic nitrogens is 1. The highest BCUT2D eigenvalue weighted by Crippen LogP contribution is 2.03. The molecule has 0 saturated carbocycles. The predicted octanol–water partition coefficient (Wildman–Crippen LogP) is 1.74. The van der Waals surface area contributed by atoms with E-state index in [2.05, 4.69) is 11.6 Å². The Bertz CT molecular complexity index is 275. The smallest absolute Gasteiger partial charge is 0.191 e. The number of allylic oxidation sites excluding steroid dienone is 1. The van der Waals surface area contributed by atoms with Crippen LogP contribution < -0.4 is 0 Å². The molecule has 0 N–H and O–H groups in total. The number of carbonyl (C=O) groups is 1. The summed E-state index contributed by atoms with van der Waals surface area (Å²) in [4.78, 5) is 14.9. The highest BCUT2D eigenvalue weighted by molar-refractivity contribution is 5.94. The number of nitrogens with zero attached hydrogens (tertiary/aromatic N) is 1. The van der Waals surface area contributed by atoms with Gasteiger partial charge in [0, 0.05) is 13.3 Å². The van der Waals surface area contributed by atoms with Crippen LogP contribution in [-0.2, 0) is 0 Å². The number of Topliss-reactive ketones (excluding diaryl/α,β-unsaturated/α-hetero) is 1. The van der Waals surface area contributed by atoms with Gasteiger partial charge in [-0.2, -0.15) is 0 Å². The summed E-state index contributed by atoms with van der Waals surface area (Å²) < 4.78 is 4.87. The molecule has 0 aliphatic heterocycles. The van der Waals surface area contributed by atoms with Crippen LogP contribution in [0.1, 0.15) is 22.8 Å². The number of hydrogen-bond acceptors (Lipinski definition) is 3. The predicted molar refractivity (Wildman–Crippen MR) is 40.4 cm³/mol. The van der Waals surface area contributed by atoms with Gasteiger partial charge in [-0.1, -0.05) is 6.08 Å². The molecule has 0 aliphatic rings. The standard InChI is InChI=1S/C8H9NO2/c1-3-4-8(10)7-5-11-6(2)9-7/h3,5H,1,4H2,2H3. The maximum absolute atomic E-state index is 11.1. The molecule has 1 rings (SSSR count). The molecule has 3 nitrogen and oxygen atoms in total. The molecule has 0 spiro atoms. The lowest BCUT2D eigenvalue weighted by Crippen LogP contribution is -1.96. The van der Waals surface area contributed by atoms with Crippen LogP contribution in [0.4, 0.5) is 0 Å². The number of aryl methyl sites for hydroxylation is 1.